The van der Waals surface area contributed by atoms with Gasteiger partial charge in [0.05, 0.1) is 5.92 Å². The lowest BCUT2D eigenvalue weighted by Gasteiger charge is -2.46. The van der Waals surface area contributed by atoms with E-state index in [-0.39, 0.29) is 16.7 Å². The van der Waals surface area contributed by atoms with Crippen LogP contribution in [0.1, 0.15) is 27.7 Å². The van der Waals surface area contributed by atoms with E-state index in [2.05, 4.69) is 5.32 Å². The lowest BCUT2D eigenvalue weighted by atomic mass is 9.62. The fraction of sp³-hybridized carbons (Fsp3) is 0.900. The highest BCUT2D eigenvalue weighted by Gasteiger charge is 2.48. The van der Waals surface area contributed by atoms with Crippen LogP contribution in [0.15, 0.2) is 0 Å². The van der Waals surface area contributed by atoms with Crippen LogP contribution < -0.4 is 5.32 Å². The third-order valence-corrected chi connectivity index (χ3v) is 2.97. The van der Waals surface area contributed by atoms with Crippen molar-refractivity contribution in [1.29, 1.82) is 0 Å². The van der Waals surface area contributed by atoms with Crippen molar-refractivity contribution in [3.63, 3.8) is 0 Å². The molecule has 0 aromatic rings. The average molecular weight is 185 g/mol. The molecule has 3 nitrogen and oxygen atoms in total. The summed E-state index contributed by atoms with van der Waals surface area (Å²) in [6.07, 6.45) is 0. The molecule has 0 spiro atoms. The molecule has 3 heteroatoms. The Balaban J connectivity index is 2.98. The number of aliphatic carboxylic acids is 1. The van der Waals surface area contributed by atoms with Crippen molar-refractivity contribution in [1.82, 2.24) is 5.32 Å². The summed E-state index contributed by atoms with van der Waals surface area (Å²) < 4.78 is 0. The first kappa shape index (κ1) is 10.5. The summed E-state index contributed by atoms with van der Waals surface area (Å²) in [6.45, 7) is 9.62. The summed E-state index contributed by atoms with van der Waals surface area (Å²) in [4.78, 5) is 11.2. The summed E-state index contributed by atoms with van der Waals surface area (Å²) in [7, 11) is 0. The zero-order valence-electron chi connectivity index (χ0n) is 8.85. The second-order valence-corrected chi connectivity index (χ2v) is 5.35. The average Bonchev–Trinajstić information content (AvgIpc) is 1.79. The number of carboxylic acid groups (broad SMARTS) is 1. The van der Waals surface area contributed by atoms with Crippen LogP contribution in [0.4, 0.5) is 0 Å². The fourth-order valence-electron chi connectivity index (χ4n) is 2.64. The van der Waals surface area contributed by atoms with Gasteiger partial charge in [-0.3, -0.25) is 4.79 Å². The summed E-state index contributed by atoms with van der Waals surface area (Å²) in [6, 6.07) is 0. The molecule has 0 amide bonds. The topological polar surface area (TPSA) is 49.3 Å². The van der Waals surface area contributed by atoms with E-state index in [1.54, 1.807) is 0 Å². The number of piperidine rings is 1. The fourth-order valence-corrected chi connectivity index (χ4v) is 2.64. The molecule has 0 bridgehead atoms. The summed E-state index contributed by atoms with van der Waals surface area (Å²) in [5.41, 5.74) is -0.318. The summed E-state index contributed by atoms with van der Waals surface area (Å²) in [5, 5.41) is 12.5. The maximum Gasteiger partial charge on any atom is 0.307 e. The predicted molar refractivity (Wildman–Crippen MR) is 51.6 cm³/mol. The predicted octanol–water partition coefficient (Wildman–Crippen LogP) is 1.34. The Hall–Kier alpha value is -0.570. The van der Waals surface area contributed by atoms with Gasteiger partial charge < -0.3 is 10.4 Å². The minimum atomic E-state index is -0.670. The number of rotatable bonds is 1. The Morgan fingerprint density at radius 1 is 1.23 bits per heavy atom. The normalized spacial score (nSPS) is 27.1. The maximum atomic E-state index is 11.2. The Labute approximate surface area is 79.5 Å². The van der Waals surface area contributed by atoms with Crippen molar-refractivity contribution < 1.29 is 9.90 Å². The number of carbonyl (C=O) groups is 1. The second-order valence-electron chi connectivity index (χ2n) is 5.35. The van der Waals surface area contributed by atoms with Crippen LogP contribution in [-0.4, -0.2) is 24.2 Å². The van der Waals surface area contributed by atoms with Crippen molar-refractivity contribution in [3.8, 4) is 0 Å². The monoisotopic (exact) mass is 185 g/mol. The lowest BCUT2D eigenvalue weighted by molar-refractivity contribution is -0.154. The van der Waals surface area contributed by atoms with E-state index in [1.165, 1.54) is 0 Å². The van der Waals surface area contributed by atoms with Crippen LogP contribution in [0.5, 0.6) is 0 Å². The highest BCUT2D eigenvalue weighted by molar-refractivity contribution is 5.72. The highest BCUT2D eigenvalue weighted by Crippen LogP contribution is 2.42. The molecule has 2 N–H and O–H groups in total. The Kier molecular flexibility index (Phi) is 2.41. The van der Waals surface area contributed by atoms with Gasteiger partial charge in [0.15, 0.2) is 0 Å². The van der Waals surface area contributed by atoms with E-state index in [9.17, 15) is 9.90 Å². The third-order valence-electron chi connectivity index (χ3n) is 2.97. The zero-order chi connectivity index (χ0) is 10.3. The van der Waals surface area contributed by atoms with Crippen LogP contribution in [0.25, 0.3) is 0 Å². The van der Waals surface area contributed by atoms with Gasteiger partial charge in [-0.25, -0.2) is 0 Å². The van der Waals surface area contributed by atoms with Crippen LogP contribution in [0.3, 0.4) is 0 Å². The van der Waals surface area contributed by atoms with Crippen molar-refractivity contribution in [3.05, 3.63) is 0 Å². The SMILES string of the molecule is CC1(C)CNCC(C)(C)C1C(=O)O. The molecule has 1 fully saturated rings. The highest BCUT2D eigenvalue weighted by atomic mass is 16.4. The molecule has 76 valence electrons. The standard InChI is InChI=1S/C10H19NO2/c1-9(2)5-11-6-10(3,4)7(9)8(12)13/h7,11H,5-6H2,1-4H3,(H,12,13). The molecular formula is C10H19NO2. The first-order valence-corrected chi connectivity index (χ1v) is 4.71. The minimum Gasteiger partial charge on any atom is -0.481 e. The molecule has 0 aliphatic carbocycles. The molecule has 0 atom stereocenters. The third kappa shape index (κ3) is 1.85. The van der Waals surface area contributed by atoms with Crippen LogP contribution in [0.2, 0.25) is 0 Å². The van der Waals surface area contributed by atoms with E-state index in [0.29, 0.717) is 0 Å². The van der Waals surface area contributed by atoms with Gasteiger partial charge in [0.25, 0.3) is 0 Å². The Morgan fingerprint density at radius 3 is 1.85 bits per heavy atom. The minimum absolute atomic E-state index is 0.159. The van der Waals surface area contributed by atoms with E-state index < -0.39 is 5.97 Å². The smallest absolute Gasteiger partial charge is 0.307 e. The van der Waals surface area contributed by atoms with Crippen molar-refractivity contribution in [2.75, 3.05) is 13.1 Å². The van der Waals surface area contributed by atoms with Gasteiger partial charge in [0, 0.05) is 13.1 Å². The molecule has 0 aromatic heterocycles. The summed E-state index contributed by atoms with van der Waals surface area (Å²) >= 11 is 0. The van der Waals surface area contributed by atoms with E-state index in [0.717, 1.165) is 13.1 Å². The molecule has 0 radical (unpaired) electrons. The lowest BCUT2D eigenvalue weighted by Crippen LogP contribution is -2.56. The first-order valence-electron chi connectivity index (χ1n) is 4.71. The maximum absolute atomic E-state index is 11.2. The van der Waals surface area contributed by atoms with Gasteiger partial charge in [0.1, 0.15) is 0 Å². The van der Waals surface area contributed by atoms with Gasteiger partial charge in [-0.15, -0.1) is 0 Å². The molecule has 1 aliphatic rings. The number of hydrogen-bond donors (Lipinski definition) is 2. The molecule has 0 aromatic carbocycles. The largest absolute Gasteiger partial charge is 0.481 e. The molecule has 1 heterocycles. The van der Waals surface area contributed by atoms with E-state index in [4.69, 9.17) is 0 Å². The van der Waals surface area contributed by atoms with Crippen LogP contribution >= 0.6 is 0 Å². The van der Waals surface area contributed by atoms with Crippen LogP contribution in [-0.2, 0) is 4.79 Å². The van der Waals surface area contributed by atoms with Crippen molar-refractivity contribution in [2.24, 2.45) is 16.7 Å². The summed E-state index contributed by atoms with van der Waals surface area (Å²) in [5.74, 6) is -0.933. The van der Waals surface area contributed by atoms with Gasteiger partial charge in [-0.05, 0) is 10.8 Å². The molecule has 0 saturated carbocycles. The number of nitrogens with one attached hydrogen (secondary N) is 1. The molecule has 13 heavy (non-hydrogen) atoms. The van der Waals surface area contributed by atoms with E-state index >= 15 is 0 Å². The van der Waals surface area contributed by atoms with Gasteiger partial charge in [-0.2, -0.15) is 0 Å². The van der Waals surface area contributed by atoms with Crippen molar-refractivity contribution in [2.45, 2.75) is 27.7 Å². The van der Waals surface area contributed by atoms with E-state index in [1.807, 2.05) is 27.7 Å². The number of hydrogen-bond acceptors (Lipinski definition) is 2. The molecule has 1 saturated heterocycles. The molecule has 1 aliphatic heterocycles. The first-order chi connectivity index (χ1) is 5.77. The van der Waals surface area contributed by atoms with Gasteiger partial charge in [0.2, 0.25) is 0 Å². The zero-order valence-corrected chi connectivity index (χ0v) is 8.85. The quantitative estimate of drug-likeness (QED) is 0.648. The van der Waals surface area contributed by atoms with Crippen LogP contribution in [0, 0.1) is 16.7 Å². The Morgan fingerprint density at radius 2 is 1.62 bits per heavy atom. The van der Waals surface area contributed by atoms with Gasteiger partial charge >= 0.3 is 5.97 Å². The second kappa shape index (κ2) is 2.98. The van der Waals surface area contributed by atoms with Gasteiger partial charge in [-0.1, -0.05) is 27.7 Å². The molecular weight excluding hydrogens is 166 g/mol. The number of carboxylic acids is 1. The van der Waals surface area contributed by atoms with Crippen molar-refractivity contribution >= 4 is 5.97 Å². The Bertz CT molecular complexity index is 205. The molecule has 0 unspecified atom stereocenters. The molecule has 1 rings (SSSR count).